The number of rotatable bonds is 13. The molecule has 1 fully saturated rings. The fourth-order valence-electron chi connectivity index (χ4n) is 5.32. The normalized spacial score (nSPS) is 12.9. The summed E-state index contributed by atoms with van der Waals surface area (Å²) in [6.07, 6.45) is 3.21. The van der Waals surface area contributed by atoms with E-state index >= 15 is 0 Å². The molecule has 1 amide bonds. The van der Waals surface area contributed by atoms with E-state index in [1.165, 1.54) is 0 Å². The van der Waals surface area contributed by atoms with Gasteiger partial charge in [0.05, 0.1) is 0 Å². The van der Waals surface area contributed by atoms with Crippen molar-refractivity contribution in [3.63, 3.8) is 0 Å². The number of hydrogen-bond donors (Lipinski definition) is 0. The molecule has 1 aliphatic heterocycles. The first-order valence-corrected chi connectivity index (χ1v) is 16.4. The molecule has 252 valence electrons. The number of nitrogens with zero attached hydrogens (tertiary/aromatic N) is 3. The van der Waals surface area contributed by atoms with Crippen molar-refractivity contribution in [1.29, 1.82) is 0 Å². The van der Waals surface area contributed by atoms with E-state index in [0.29, 0.717) is 51.3 Å². The van der Waals surface area contributed by atoms with Crippen LogP contribution in [-0.2, 0) is 18.0 Å². The molecule has 0 radical (unpaired) electrons. The Balaban J connectivity index is 1.04. The predicted molar refractivity (Wildman–Crippen MR) is 187 cm³/mol. The van der Waals surface area contributed by atoms with Gasteiger partial charge in [0, 0.05) is 48.6 Å². The molecule has 2 aromatic heterocycles. The summed E-state index contributed by atoms with van der Waals surface area (Å²) in [7, 11) is 0. The number of carbonyl (C=O) groups is 1. The van der Waals surface area contributed by atoms with Gasteiger partial charge in [-0.2, -0.15) is 4.98 Å². The number of pyridine rings is 2. The van der Waals surface area contributed by atoms with E-state index in [4.69, 9.17) is 28.7 Å². The van der Waals surface area contributed by atoms with Crippen LogP contribution in [-0.4, -0.2) is 52.9 Å². The van der Waals surface area contributed by atoms with Crippen LogP contribution in [0.4, 0.5) is 4.79 Å². The van der Waals surface area contributed by atoms with Crippen LogP contribution >= 0.6 is 0 Å². The second-order valence-electron chi connectivity index (χ2n) is 12.8. The quantitative estimate of drug-likeness (QED) is 0.117. The van der Waals surface area contributed by atoms with E-state index in [0.717, 1.165) is 39.3 Å². The van der Waals surface area contributed by atoms with Crippen molar-refractivity contribution >= 4 is 6.09 Å². The zero-order valence-electron chi connectivity index (χ0n) is 28.1. The zero-order chi connectivity index (χ0) is 34.1. The van der Waals surface area contributed by atoms with Gasteiger partial charge in [-0.3, -0.25) is 4.98 Å². The van der Waals surface area contributed by atoms with Crippen molar-refractivity contribution in [3.8, 4) is 34.4 Å². The van der Waals surface area contributed by atoms with Gasteiger partial charge in [0.1, 0.15) is 43.5 Å². The molecule has 0 bridgehead atoms. The lowest BCUT2D eigenvalue weighted by atomic mass is 9.92. The lowest BCUT2D eigenvalue weighted by molar-refractivity contribution is 0.00790. The number of ether oxygens (including phenoxy) is 5. The third-order valence-corrected chi connectivity index (χ3v) is 7.84. The van der Waals surface area contributed by atoms with Gasteiger partial charge in [-0.1, -0.05) is 72.8 Å². The Morgan fingerprint density at radius 2 is 1.41 bits per heavy atom. The summed E-state index contributed by atoms with van der Waals surface area (Å²) < 4.78 is 29.8. The van der Waals surface area contributed by atoms with Crippen LogP contribution in [0.1, 0.15) is 43.4 Å². The number of amides is 1. The van der Waals surface area contributed by atoms with Gasteiger partial charge in [-0.15, -0.1) is 0 Å². The van der Waals surface area contributed by atoms with E-state index in [-0.39, 0.29) is 12.0 Å². The van der Waals surface area contributed by atoms with Gasteiger partial charge in [0.15, 0.2) is 0 Å². The Hall–Kier alpha value is -5.57. The molecule has 49 heavy (non-hydrogen) atoms. The molecule has 3 aromatic carbocycles. The average molecular weight is 660 g/mol. The summed E-state index contributed by atoms with van der Waals surface area (Å²) in [5, 5.41) is 0. The molecular weight excluding hydrogens is 618 g/mol. The second kappa shape index (κ2) is 15.6. The second-order valence-corrected chi connectivity index (χ2v) is 12.8. The number of benzene rings is 3. The van der Waals surface area contributed by atoms with Crippen LogP contribution < -0.4 is 18.9 Å². The van der Waals surface area contributed by atoms with E-state index in [1.54, 1.807) is 17.3 Å². The molecule has 1 aliphatic rings. The van der Waals surface area contributed by atoms with Gasteiger partial charge in [0.25, 0.3) is 0 Å². The monoisotopic (exact) mass is 659 g/mol. The molecule has 1 saturated heterocycles. The predicted octanol–water partition coefficient (Wildman–Crippen LogP) is 8.09. The zero-order valence-corrected chi connectivity index (χ0v) is 28.1. The summed E-state index contributed by atoms with van der Waals surface area (Å²) in [6, 6.07) is 33.5. The standard InChI is InChI=1S/C40H41N3O6/c1-40(2,3)49-39(44)43-25-32(26-43)35-24-41-21-20-36(35)46-23-22-45-33-16-14-31(15-17-33)34-18-19-37(47-27-29-10-6-4-7-11-29)42-38(34)48-28-30-12-8-5-9-13-30/h4-21,24,32H,22-23,25-28H2,1-3H3. The van der Waals surface area contributed by atoms with Crippen molar-refractivity contribution in [2.75, 3.05) is 26.3 Å². The summed E-state index contributed by atoms with van der Waals surface area (Å²) in [5.41, 5.74) is 4.35. The Bertz CT molecular complexity index is 1800. The first-order valence-electron chi connectivity index (χ1n) is 16.4. The molecule has 6 rings (SSSR count). The average Bonchev–Trinajstić information content (AvgIpc) is 3.09. The Morgan fingerprint density at radius 1 is 0.755 bits per heavy atom. The maximum atomic E-state index is 12.4. The molecule has 0 N–H and O–H groups in total. The molecule has 5 aromatic rings. The van der Waals surface area contributed by atoms with Crippen molar-refractivity contribution in [1.82, 2.24) is 14.9 Å². The number of likely N-dealkylation sites (tertiary alicyclic amines) is 1. The van der Waals surface area contributed by atoms with Crippen molar-refractivity contribution in [3.05, 3.63) is 132 Å². The van der Waals surface area contributed by atoms with Crippen LogP contribution in [0.5, 0.6) is 23.3 Å². The third-order valence-electron chi connectivity index (χ3n) is 7.84. The number of hydrogen-bond acceptors (Lipinski definition) is 8. The van der Waals surface area contributed by atoms with Gasteiger partial charge in [-0.05, 0) is 61.7 Å². The van der Waals surface area contributed by atoms with Crippen molar-refractivity contribution in [2.24, 2.45) is 0 Å². The summed E-state index contributed by atoms with van der Waals surface area (Å²) in [5.74, 6) is 2.59. The minimum absolute atomic E-state index is 0.144. The summed E-state index contributed by atoms with van der Waals surface area (Å²) in [6.45, 7) is 8.24. The van der Waals surface area contributed by atoms with E-state index < -0.39 is 5.60 Å². The van der Waals surface area contributed by atoms with Crippen LogP contribution in [0, 0.1) is 0 Å². The van der Waals surface area contributed by atoms with Gasteiger partial charge in [-0.25, -0.2) is 4.79 Å². The first kappa shape index (κ1) is 33.3. The van der Waals surface area contributed by atoms with Gasteiger partial charge in [0.2, 0.25) is 11.8 Å². The first-order chi connectivity index (χ1) is 23.8. The molecule has 9 nitrogen and oxygen atoms in total. The van der Waals surface area contributed by atoms with Crippen LogP contribution in [0.2, 0.25) is 0 Å². The maximum Gasteiger partial charge on any atom is 0.410 e. The largest absolute Gasteiger partial charge is 0.490 e. The summed E-state index contributed by atoms with van der Waals surface area (Å²) >= 11 is 0. The Morgan fingerprint density at radius 3 is 2.08 bits per heavy atom. The van der Waals surface area contributed by atoms with E-state index in [1.807, 2.05) is 124 Å². The minimum atomic E-state index is -0.522. The molecule has 3 heterocycles. The van der Waals surface area contributed by atoms with E-state index in [9.17, 15) is 4.79 Å². The van der Waals surface area contributed by atoms with Gasteiger partial charge < -0.3 is 28.6 Å². The molecular formula is C40H41N3O6. The molecule has 0 saturated carbocycles. The highest BCUT2D eigenvalue weighted by molar-refractivity contribution is 5.70. The van der Waals surface area contributed by atoms with Crippen LogP contribution in [0.15, 0.2) is 116 Å². The lowest BCUT2D eigenvalue weighted by Crippen LogP contribution is -2.50. The molecule has 0 atom stereocenters. The summed E-state index contributed by atoms with van der Waals surface area (Å²) in [4.78, 5) is 23.1. The van der Waals surface area contributed by atoms with Crippen molar-refractivity contribution in [2.45, 2.75) is 45.5 Å². The minimum Gasteiger partial charge on any atom is -0.490 e. The molecule has 0 spiro atoms. The molecule has 9 heteroatoms. The smallest absolute Gasteiger partial charge is 0.410 e. The Kier molecular flexibility index (Phi) is 10.6. The lowest BCUT2D eigenvalue weighted by Gasteiger charge is -2.40. The third kappa shape index (κ3) is 9.28. The van der Waals surface area contributed by atoms with Crippen molar-refractivity contribution < 1.29 is 28.5 Å². The number of carbonyl (C=O) groups excluding carboxylic acids is 1. The molecule has 0 unspecified atom stereocenters. The van der Waals surface area contributed by atoms with Crippen LogP contribution in [0.25, 0.3) is 11.1 Å². The Labute approximate surface area is 287 Å². The van der Waals surface area contributed by atoms with Crippen LogP contribution in [0.3, 0.4) is 0 Å². The van der Waals surface area contributed by atoms with E-state index in [2.05, 4.69) is 4.98 Å². The highest BCUT2D eigenvalue weighted by Gasteiger charge is 2.36. The highest BCUT2D eigenvalue weighted by atomic mass is 16.6. The number of aromatic nitrogens is 2. The topological polar surface area (TPSA) is 92.2 Å². The fraction of sp³-hybridized carbons (Fsp3) is 0.275. The fourth-order valence-corrected chi connectivity index (χ4v) is 5.32. The molecule has 0 aliphatic carbocycles. The van der Waals surface area contributed by atoms with Gasteiger partial charge >= 0.3 is 6.09 Å². The maximum absolute atomic E-state index is 12.4. The SMILES string of the molecule is CC(C)(C)OC(=O)N1CC(c2cnccc2OCCOc2ccc(-c3ccc(OCc4ccccc4)nc3OCc3ccccc3)cc2)C1. The highest BCUT2D eigenvalue weighted by Crippen LogP contribution is 2.35.